The number of nitrogens with two attached hydrogens (primary N) is 1. The molecule has 2 aromatic rings. The van der Waals surface area contributed by atoms with Crippen molar-refractivity contribution in [3.63, 3.8) is 0 Å². The van der Waals surface area contributed by atoms with Gasteiger partial charge in [0.15, 0.2) is 23.0 Å². The number of fused-ring (bicyclic) bond motifs is 3. The molecule has 0 spiro atoms. The van der Waals surface area contributed by atoms with Crippen molar-refractivity contribution in [3.05, 3.63) is 16.7 Å². The van der Waals surface area contributed by atoms with E-state index in [-0.39, 0.29) is 29.1 Å². The summed E-state index contributed by atoms with van der Waals surface area (Å²) < 4.78 is 7.38. The molecular formula is C12H14N6O4. The largest absolute Gasteiger partial charge is 0.393 e. The fourth-order valence-corrected chi connectivity index (χ4v) is 3.28. The zero-order valence-electron chi connectivity index (χ0n) is 11.7. The number of aromatic amines is 1. The Hall–Kier alpha value is -2.46. The van der Waals surface area contributed by atoms with E-state index in [9.17, 15) is 14.7 Å². The molecule has 0 saturated carbocycles. The second kappa shape index (κ2) is 4.05. The SMILES string of the molecule is CN1C(=O)[C@@]2(CO)CC1[C@H](n1cnc3c(=O)[nH]c(N)nc31)O2. The molecule has 2 saturated heterocycles. The van der Waals surface area contributed by atoms with Crippen LogP contribution in [0.4, 0.5) is 5.95 Å². The Labute approximate surface area is 123 Å². The molecule has 0 radical (unpaired) electrons. The monoisotopic (exact) mass is 306 g/mol. The molecule has 10 heteroatoms. The molecule has 3 atom stereocenters. The lowest BCUT2D eigenvalue weighted by Gasteiger charge is -2.34. The maximum absolute atomic E-state index is 12.1. The van der Waals surface area contributed by atoms with E-state index in [4.69, 9.17) is 10.5 Å². The summed E-state index contributed by atoms with van der Waals surface area (Å²) in [5.74, 6) is -0.269. The molecule has 2 bridgehead atoms. The van der Waals surface area contributed by atoms with Gasteiger partial charge in [-0.25, -0.2) is 4.98 Å². The van der Waals surface area contributed by atoms with Gasteiger partial charge < -0.3 is 20.5 Å². The third kappa shape index (κ3) is 1.45. The third-order valence-electron chi connectivity index (χ3n) is 4.40. The van der Waals surface area contributed by atoms with Crippen LogP contribution in [0.3, 0.4) is 0 Å². The first-order chi connectivity index (χ1) is 10.5. The minimum Gasteiger partial charge on any atom is -0.393 e. The number of hydrogen-bond donors (Lipinski definition) is 3. The van der Waals surface area contributed by atoms with Gasteiger partial charge in [-0.3, -0.25) is 19.1 Å². The van der Waals surface area contributed by atoms with Gasteiger partial charge in [0.25, 0.3) is 11.5 Å². The molecule has 4 heterocycles. The van der Waals surface area contributed by atoms with E-state index in [1.807, 2.05) is 0 Å². The van der Waals surface area contributed by atoms with Gasteiger partial charge in [-0.05, 0) is 0 Å². The van der Waals surface area contributed by atoms with Gasteiger partial charge in [0.2, 0.25) is 5.95 Å². The normalized spacial score (nSPS) is 30.6. The van der Waals surface area contributed by atoms with Crippen molar-refractivity contribution in [1.82, 2.24) is 24.4 Å². The van der Waals surface area contributed by atoms with Gasteiger partial charge in [-0.2, -0.15) is 4.98 Å². The fourth-order valence-electron chi connectivity index (χ4n) is 3.28. The van der Waals surface area contributed by atoms with E-state index in [2.05, 4.69) is 15.0 Å². The van der Waals surface area contributed by atoms with Crippen molar-refractivity contribution in [3.8, 4) is 0 Å². The highest BCUT2D eigenvalue weighted by Gasteiger charge is 2.61. The van der Waals surface area contributed by atoms with Crippen LogP contribution in [-0.2, 0) is 9.53 Å². The highest BCUT2D eigenvalue weighted by atomic mass is 16.6. The van der Waals surface area contributed by atoms with Crippen molar-refractivity contribution >= 4 is 23.0 Å². The number of anilines is 1. The highest BCUT2D eigenvalue weighted by molar-refractivity contribution is 5.89. The van der Waals surface area contributed by atoms with Crippen LogP contribution in [0.2, 0.25) is 0 Å². The van der Waals surface area contributed by atoms with Crippen molar-refractivity contribution in [2.24, 2.45) is 0 Å². The minimum absolute atomic E-state index is 0.0243. The lowest BCUT2D eigenvalue weighted by molar-refractivity contribution is -0.177. The number of amides is 1. The first kappa shape index (κ1) is 13.2. The Bertz CT molecular complexity index is 844. The molecule has 10 nitrogen and oxygen atoms in total. The first-order valence-corrected chi connectivity index (χ1v) is 6.75. The van der Waals surface area contributed by atoms with E-state index in [1.54, 1.807) is 16.5 Å². The van der Waals surface area contributed by atoms with Gasteiger partial charge in [0.1, 0.15) is 0 Å². The van der Waals surface area contributed by atoms with Crippen LogP contribution < -0.4 is 11.3 Å². The topological polar surface area (TPSA) is 139 Å². The number of aliphatic hydroxyl groups excluding tert-OH is 1. The van der Waals surface area contributed by atoms with Crippen molar-refractivity contribution in [2.45, 2.75) is 24.3 Å². The number of rotatable bonds is 2. The predicted octanol–water partition coefficient (Wildman–Crippen LogP) is -1.81. The highest BCUT2D eigenvalue weighted by Crippen LogP contribution is 2.46. The average molecular weight is 306 g/mol. The number of aliphatic hydroxyl groups is 1. The molecule has 2 aliphatic heterocycles. The second-order valence-electron chi connectivity index (χ2n) is 5.62. The molecule has 0 aromatic carbocycles. The number of H-pyrrole nitrogens is 1. The lowest BCUT2D eigenvalue weighted by atomic mass is 10.0. The van der Waals surface area contributed by atoms with Crippen molar-refractivity contribution in [2.75, 3.05) is 19.4 Å². The Kier molecular flexibility index (Phi) is 2.43. The maximum Gasteiger partial charge on any atom is 0.280 e. The van der Waals surface area contributed by atoms with E-state index in [0.29, 0.717) is 6.42 Å². The maximum atomic E-state index is 12.1. The molecule has 2 fully saturated rings. The fraction of sp³-hybridized carbons (Fsp3) is 0.500. The van der Waals surface area contributed by atoms with Gasteiger partial charge in [-0.1, -0.05) is 0 Å². The summed E-state index contributed by atoms with van der Waals surface area (Å²) in [5.41, 5.74) is 4.34. The van der Waals surface area contributed by atoms with Crippen LogP contribution >= 0.6 is 0 Å². The van der Waals surface area contributed by atoms with Crippen LogP contribution in [0.25, 0.3) is 11.2 Å². The number of likely N-dealkylation sites (N-methyl/N-ethyl adjacent to an activating group) is 1. The second-order valence-corrected chi connectivity index (χ2v) is 5.62. The van der Waals surface area contributed by atoms with E-state index in [1.165, 1.54) is 6.33 Å². The molecule has 22 heavy (non-hydrogen) atoms. The number of likely N-dealkylation sites (tertiary alicyclic amines) is 1. The summed E-state index contributed by atoms with van der Waals surface area (Å²) in [7, 11) is 1.66. The summed E-state index contributed by atoms with van der Waals surface area (Å²) in [6, 6.07) is -0.264. The van der Waals surface area contributed by atoms with E-state index in [0.717, 1.165) is 0 Å². The summed E-state index contributed by atoms with van der Waals surface area (Å²) in [6.45, 7) is -0.397. The van der Waals surface area contributed by atoms with Crippen molar-refractivity contribution in [1.29, 1.82) is 0 Å². The van der Waals surface area contributed by atoms with Gasteiger partial charge in [0, 0.05) is 13.5 Å². The number of imidazole rings is 1. The zero-order chi connectivity index (χ0) is 15.6. The molecule has 0 aliphatic carbocycles. The summed E-state index contributed by atoms with van der Waals surface area (Å²) >= 11 is 0. The van der Waals surface area contributed by atoms with Crippen LogP contribution in [-0.4, -0.2) is 60.7 Å². The molecule has 4 rings (SSSR count). The minimum atomic E-state index is -1.23. The van der Waals surface area contributed by atoms with Crippen LogP contribution in [0.1, 0.15) is 12.6 Å². The van der Waals surface area contributed by atoms with Crippen molar-refractivity contribution < 1.29 is 14.6 Å². The van der Waals surface area contributed by atoms with Gasteiger partial charge in [-0.15, -0.1) is 0 Å². The number of nitrogens with zero attached hydrogens (tertiary/aromatic N) is 4. The molecular weight excluding hydrogens is 292 g/mol. The number of nitrogens with one attached hydrogen (secondary N) is 1. The van der Waals surface area contributed by atoms with E-state index < -0.39 is 24.0 Å². The Morgan fingerprint density at radius 2 is 2.36 bits per heavy atom. The first-order valence-electron chi connectivity index (χ1n) is 6.75. The molecule has 1 amide bonds. The number of carbonyl (C=O) groups excluding carboxylic acids is 1. The molecule has 1 unspecified atom stereocenters. The van der Waals surface area contributed by atoms with Crippen LogP contribution in [0.5, 0.6) is 0 Å². The van der Waals surface area contributed by atoms with Crippen LogP contribution in [0.15, 0.2) is 11.1 Å². The lowest BCUT2D eigenvalue weighted by Crippen LogP contribution is -2.50. The molecule has 2 aromatic heterocycles. The molecule has 2 aliphatic rings. The predicted molar refractivity (Wildman–Crippen MR) is 73.7 cm³/mol. The third-order valence-corrected chi connectivity index (χ3v) is 4.40. The standard InChI is InChI=1S/C12H14N6O4/c1-17-5-2-12(3-19,10(17)21)22-9(5)18-4-14-6-7(18)15-11(13)16-8(6)20/h4-5,9,19H,2-3H2,1H3,(H3,13,15,16,20)/t5?,9-,12+/m1/s1. The van der Waals surface area contributed by atoms with E-state index >= 15 is 0 Å². The Morgan fingerprint density at radius 3 is 3.05 bits per heavy atom. The number of nitrogen functional groups attached to an aromatic ring is 1. The number of ether oxygens (including phenoxy) is 1. The Balaban J connectivity index is 1.85. The number of morpholine rings is 1. The summed E-state index contributed by atoms with van der Waals surface area (Å²) in [4.78, 5) is 36.0. The average Bonchev–Trinajstić information content (AvgIpc) is 3.12. The number of aromatic nitrogens is 4. The zero-order valence-corrected chi connectivity index (χ0v) is 11.7. The number of hydrogen-bond acceptors (Lipinski definition) is 7. The number of carbonyl (C=O) groups is 1. The Morgan fingerprint density at radius 1 is 1.59 bits per heavy atom. The summed E-state index contributed by atoms with van der Waals surface area (Å²) in [5, 5.41) is 9.56. The summed E-state index contributed by atoms with van der Waals surface area (Å²) in [6.07, 6.45) is 1.23. The molecule has 116 valence electrons. The van der Waals surface area contributed by atoms with Gasteiger partial charge in [0.05, 0.1) is 19.0 Å². The van der Waals surface area contributed by atoms with Gasteiger partial charge >= 0.3 is 0 Å². The van der Waals surface area contributed by atoms with Crippen LogP contribution in [0, 0.1) is 0 Å². The quantitative estimate of drug-likeness (QED) is 0.594. The molecule has 4 N–H and O–H groups in total. The smallest absolute Gasteiger partial charge is 0.280 e.